The summed E-state index contributed by atoms with van der Waals surface area (Å²) >= 11 is 7.59. The summed E-state index contributed by atoms with van der Waals surface area (Å²) in [5.41, 5.74) is 3.04. The highest BCUT2D eigenvalue weighted by Gasteiger charge is 2.16. The van der Waals surface area contributed by atoms with Gasteiger partial charge in [-0.1, -0.05) is 32.4 Å². The molecule has 0 saturated carbocycles. The van der Waals surface area contributed by atoms with Gasteiger partial charge in [0.15, 0.2) is 0 Å². The van der Waals surface area contributed by atoms with E-state index in [1.165, 1.54) is 4.88 Å². The van der Waals surface area contributed by atoms with Crippen molar-refractivity contribution in [3.05, 3.63) is 45.1 Å². The number of carbonyl (C=O) groups is 1. The number of nitrogens with zero attached hydrogens (tertiary/aromatic N) is 1. The van der Waals surface area contributed by atoms with Crippen molar-refractivity contribution in [3.8, 4) is 0 Å². The van der Waals surface area contributed by atoms with E-state index in [0.29, 0.717) is 6.42 Å². The Morgan fingerprint density at radius 3 is 2.50 bits per heavy atom. The van der Waals surface area contributed by atoms with Crippen molar-refractivity contribution in [2.45, 2.75) is 40.7 Å². The van der Waals surface area contributed by atoms with Gasteiger partial charge in [-0.2, -0.15) is 0 Å². The van der Waals surface area contributed by atoms with Crippen LogP contribution in [0.25, 0.3) is 0 Å². The fraction of sp³-hybridized carbons (Fsp3) is 0.421. The number of benzene rings is 1. The molecule has 1 N–H and O–H groups in total. The summed E-state index contributed by atoms with van der Waals surface area (Å²) in [5, 5.41) is 3.01. The normalized spacial score (nSPS) is 11.4. The van der Waals surface area contributed by atoms with Crippen LogP contribution in [0.5, 0.6) is 0 Å². The maximum atomic E-state index is 12.1. The van der Waals surface area contributed by atoms with Gasteiger partial charge in [0.05, 0.1) is 10.9 Å². The lowest BCUT2D eigenvalue weighted by Gasteiger charge is -2.21. The fourth-order valence-electron chi connectivity index (χ4n) is 2.46. The fourth-order valence-corrected chi connectivity index (χ4v) is 3.60. The van der Waals surface area contributed by atoms with Gasteiger partial charge in [-0.3, -0.25) is 4.79 Å². The second-order valence-electron chi connectivity index (χ2n) is 7.35. The number of carbonyl (C=O) groups excluding carboxylic acids is 1. The van der Waals surface area contributed by atoms with Crippen molar-refractivity contribution >= 4 is 40.2 Å². The van der Waals surface area contributed by atoms with Gasteiger partial charge in [0.25, 0.3) is 0 Å². The summed E-state index contributed by atoms with van der Waals surface area (Å²) in [6.45, 7) is 9.02. The van der Waals surface area contributed by atoms with Gasteiger partial charge >= 0.3 is 0 Å². The van der Waals surface area contributed by atoms with Gasteiger partial charge in [0, 0.05) is 29.7 Å². The number of hydrogen-bond acceptors (Lipinski definition) is 3. The van der Waals surface area contributed by atoms with Crippen LogP contribution in [0.15, 0.2) is 30.3 Å². The molecule has 1 aromatic heterocycles. The molecule has 5 heteroatoms. The first kappa shape index (κ1) is 18.8. The molecule has 0 spiro atoms. The van der Waals surface area contributed by atoms with Crippen molar-refractivity contribution in [1.82, 2.24) is 0 Å². The minimum Gasteiger partial charge on any atom is -0.369 e. The first-order valence-corrected chi connectivity index (χ1v) is 9.19. The van der Waals surface area contributed by atoms with E-state index in [2.05, 4.69) is 50.2 Å². The molecule has 0 bridgehead atoms. The smallest absolute Gasteiger partial charge is 0.224 e. The van der Waals surface area contributed by atoms with E-state index in [4.69, 9.17) is 11.6 Å². The van der Waals surface area contributed by atoms with Crippen molar-refractivity contribution < 1.29 is 4.79 Å². The molecular weight excluding hydrogens is 340 g/mol. The number of halogens is 1. The molecule has 1 amide bonds. The summed E-state index contributed by atoms with van der Waals surface area (Å²) in [6, 6.07) is 10.1. The van der Waals surface area contributed by atoms with Crippen LogP contribution in [0.4, 0.5) is 11.4 Å². The first-order valence-electron chi connectivity index (χ1n) is 8.00. The van der Waals surface area contributed by atoms with Gasteiger partial charge in [-0.15, -0.1) is 11.3 Å². The number of hydrogen-bond donors (Lipinski definition) is 1. The van der Waals surface area contributed by atoms with Crippen LogP contribution in [-0.4, -0.2) is 13.0 Å². The average Bonchev–Trinajstić information content (AvgIpc) is 2.84. The molecule has 0 aliphatic carbocycles. The quantitative estimate of drug-likeness (QED) is 0.735. The zero-order valence-corrected chi connectivity index (χ0v) is 16.5. The minimum atomic E-state index is -0.0138. The molecular formula is C19H25ClN2OS. The third-order valence-corrected chi connectivity index (χ3v) is 4.85. The van der Waals surface area contributed by atoms with Crippen molar-refractivity contribution in [3.63, 3.8) is 0 Å². The summed E-state index contributed by atoms with van der Waals surface area (Å²) in [4.78, 5) is 15.5. The maximum absolute atomic E-state index is 12.1. The molecule has 0 saturated heterocycles. The monoisotopic (exact) mass is 364 g/mol. The van der Waals surface area contributed by atoms with Gasteiger partial charge in [-0.25, -0.2) is 0 Å². The Bertz CT molecular complexity index is 718. The highest BCUT2D eigenvalue weighted by Crippen LogP contribution is 2.27. The van der Waals surface area contributed by atoms with E-state index < -0.39 is 0 Å². The lowest BCUT2D eigenvalue weighted by molar-refractivity contribution is -0.117. The van der Waals surface area contributed by atoms with Crippen LogP contribution in [0.1, 0.15) is 37.6 Å². The lowest BCUT2D eigenvalue weighted by atomic mass is 9.92. The molecule has 0 aliphatic rings. The molecule has 2 rings (SSSR count). The van der Waals surface area contributed by atoms with E-state index in [0.717, 1.165) is 27.8 Å². The van der Waals surface area contributed by atoms with Crippen molar-refractivity contribution in [1.29, 1.82) is 0 Å². The Kier molecular flexibility index (Phi) is 5.94. The van der Waals surface area contributed by atoms with Gasteiger partial charge in [-0.05, 0) is 48.2 Å². The number of thiophene rings is 1. The minimum absolute atomic E-state index is 0.0138. The van der Waals surface area contributed by atoms with Crippen LogP contribution < -0.4 is 10.2 Å². The van der Waals surface area contributed by atoms with Crippen LogP contribution in [0.3, 0.4) is 0 Å². The van der Waals surface area contributed by atoms with Crippen LogP contribution in [0, 0.1) is 12.3 Å². The van der Waals surface area contributed by atoms with Gasteiger partial charge in [0.2, 0.25) is 5.91 Å². The molecule has 3 nitrogen and oxygen atoms in total. The van der Waals surface area contributed by atoms with Crippen LogP contribution in [-0.2, 0) is 11.3 Å². The number of amides is 1. The molecule has 2 aromatic rings. The van der Waals surface area contributed by atoms with Crippen LogP contribution >= 0.6 is 22.9 Å². The molecule has 130 valence electrons. The molecule has 0 fully saturated rings. The molecule has 0 atom stereocenters. The zero-order valence-electron chi connectivity index (χ0n) is 14.9. The van der Waals surface area contributed by atoms with E-state index in [9.17, 15) is 4.79 Å². The Hall–Kier alpha value is -1.52. The molecule has 0 aliphatic heterocycles. The molecule has 0 unspecified atom stereocenters. The summed E-state index contributed by atoms with van der Waals surface area (Å²) in [5.74, 6) is 0.0555. The Balaban J connectivity index is 2.04. The number of rotatable bonds is 5. The van der Waals surface area contributed by atoms with Crippen molar-refractivity contribution in [2.24, 2.45) is 5.41 Å². The highest BCUT2D eigenvalue weighted by molar-refractivity contribution is 7.16. The van der Waals surface area contributed by atoms with E-state index in [1.807, 2.05) is 25.1 Å². The second-order valence-corrected chi connectivity index (χ2v) is 9.15. The SMILES string of the molecule is Cc1cc(N(C)Cc2ccc(Cl)s2)ccc1NC(=O)CC(C)(C)C. The Morgan fingerprint density at radius 2 is 1.96 bits per heavy atom. The molecule has 1 aromatic carbocycles. The predicted molar refractivity (Wildman–Crippen MR) is 105 cm³/mol. The average molecular weight is 365 g/mol. The molecule has 1 heterocycles. The predicted octanol–water partition coefficient (Wildman–Crippen LogP) is 5.72. The lowest BCUT2D eigenvalue weighted by Crippen LogP contribution is -2.20. The Morgan fingerprint density at radius 1 is 1.25 bits per heavy atom. The zero-order chi connectivity index (χ0) is 17.9. The standard InChI is InChI=1S/C19H25ClN2OS/c1-13-10-14(22(5)12-15-7-9-17(20)24-15)6-8-16(13)21-18(23)11-19(2,3)4/h6-10H,11-12H2,1-5H3,(H,21,23). The number of nitrogens with one attached hydrogen (secondary N) is 1. The van der Waals surface area contributed by atoms with E-state index in [1.54, 1.807) is 11.3 Å². The Labute approximate surface area is 153 Å². The number of aryl methyl sites for hydroxylation is 1. The summed E-state index contributed by atoms with van der Waals surface area (Å²) in [7, 11) is 2.06. The molecule has 0 radical (unpaired) electrons. The van der Waals surface area contributed by atoms with Gasteiger partial charge < -0.3 is 10.2 Å². The number of anilines is 2. The summed E-state index contributed by atoms with van der Waals surface area (Å²) < 4.78 is 0.812. The topological polar surface area (TPSA) is 32.3 Å². The van der Waals surface area contributed by atoms with Gasteiger partial charge in [0.1, 0.15) is 0 Å². The maximum Gasteiger partial charge on any atom is 0.224 e. The third-order valence-electron chi connectivity index (χ3n) is 3.64. The van der Waals surface area contributed by atoms with Crippen molar-refractivity contribution in [2.75, 3.05) is 17.3 Å². The third kappa shape index (κ3) is 5.53. The largest absolute Gasteiger partial charge is 0.369 e. The first-order chi connectivity index (χ1) is 11.1. The van der Waals surface area contributed by atoms with E-state index in [-0.39, 0.29) is 11.3 Å². The summed E-state index contributed by atoms with van der Waals surface area (Å²) in [6.07, 6.45) is 0.507. The van der Waals surface area contributed by atoms with Crippen LogP contribution in [0.2, 0.25) is 4.34 Å². The van der Waals surface area contributed by atoms with E-state index >= 15 is 0 Å². The second kappa shape index (κ2) is 7.58. The highest BCUT2D eigenvalue weighted by atomic mass is 35.5. The molecule has 24 heavy (non-hydrogen) atoms.